The molecule has 0 aromatic carbocycles. The van der Waals surface area contributed by atoms with E-state index in [2.05, 4.69) is 0 Å². The Morgan fingerprint density at radius 2 is 1.92 bits per heavy atom. The van der Waals surface area contributed by atoms with Gasteiger partial charge in [-0.25, -0.2) is 0 Å². The highest BCUT2D eigenvalue weighted by molar-refractivity contribution is 5.96. The fourth-order valence-corrected chi connectivity index (χ4v) is 1.07. The number of rotatable bonds is 5. The summed E-state index contributed by atoms with van der Waals surface area (Å²) in [7, 11) is 3.15. The first-order valence-corrected chi connectivity index (χ1v) is 4.44. The van der Waals surface area contributed by atoms with Gasteiger partial charge in [-0.3, -0.25) is 9.59 Å². The number of aliphatic carboxylic acids is 1. The van der Waals surface area contributed by atoms with Crippen molar-refractivity contribution in [2.45, 2.75) is 26.2 Å². The standard InChI is InChI=1S/C9H17NO3/c1-4-5-6-7(9(12)13)8(11)10(2)3/h7H,4-6H2,1-3H3,(H,12,13). The monoisotopic (exact) mass is 187 g/mol. The lowest BCUT2D eigenvalue weighted by Gasteiger charge is -2.16. The maximum absolute atomic E-state index is 11.3. The van der Waals surface area contributed by atoms with Gasteiger partial charge in [-0.2, -0.15) is 0 Å². The van der Waals surface area contributed by atoms with Crippen molar-refractivity contribution < 1.29 is 14.7 Å². The Hall–Kier alpha value is -1.06. The zero-order chi connectivity index (χ0) is 10.4. The normalized spacial score (nSPS) is 12.2. The summed E-state index contributed by atoms with van der Waals surface area (Å²) in [6.07, 6.45) is 2.11. The van der Waals surface area contributed by atoms with Crippen LogP contribution < -0.4 is 0 Å². The molecule has 4 heteroatoms. The van der Waals surface area contributed by atoms with Crippen LogP contribution in [0.5, 0.6) is 0 Å². The van der Waals surface area contributed by atoms with E-state index in [1.54, 1.807) is 14.1 Å². The van der Waals surface area contributed by atoms with Crippen molar-refractivity contribution in [1.82, 2.24) is 4.90 Å². The summed E-state index contributed by atoms with van der Waals surface area (Å²) >= 11 is 0. The number of carbonyl (C=O) groups excluding carboxylic acids is 1. The second-order valence-corrected chi connectivity index (χ2v) is 3.27. The SMILES string of the molecule is CCCCC(C(=O)O)C(=O)N(C)C. The van der Waals surface area contributed by atoms with Crippen LogP contribution >= 0.6 is 0 Å². The topological polar surface area (TPSA) is 57.6 Å². The van der Waals surface area contributed by atoms with Gasteiger partial charge in [0.2, 0.25) is 5.91 Å². The molecule has 4 nitrogen and oxygen atoms in total. The third kappa shape index (κ3) is 3.92. The Bertz CT molecular complexity index is 189. The molecule has 76 valence electrons. The molecular formula is C9H17NO3. The first-order valence-electron chi connectivity index (χ1n) is 4.44. The zero-order valence-corrected chi connectivity index (χ0v) is 8.41. The lowest BCUT2D eigenvalue weighted by atomic mass is 10.0. The average molecular weight is 187 g/mol. The first-order chi connectivity index (χ1) is 6.00. The molecule has 0 saturated heterocycles. The van der Waals surface area contributed by atoms with Crippen LogP contribution in [-0.2, 0) is 9.59 Å². The van der Waals surface area contributed by atoms with E-state index in [1.807, 2.05) is 6.92 Å². The molecule has 0 radical (unpaired) electrons. The molecule has 1 amide bonds. The molecule has 0 aliphatic heterocycles. The van der Waals surface area contributed by atoms with Crippen LogP contribution in [0.3, 0.4) is 0 Å². The van der Waals surface area contributed by atoms with E-state index in [0.717, 1.165) is 12.8 Å². The van der Waals surface area contributed by atoms with Crippen molar-refractivity contribution in [3.8, 4) is 0 Å². The van der Waals surface area contributed by atoms with Crippen molar-refractivity contribution in [2.24, 2.45) is 5.92 Å². The second kappa shape index (κ2) is 5.56. The van der Waals surface area contributed by atoms with E-state index < -0.39 is 11.9 Å². The molecule has 0 fully saturated rings. The van der Waals surface area contributed by atoms with Gasteiger partial charge in [0.25, 0.3) is 0 Å². The molecule has 0 rings (SSSR count). The van der Waals surface area contributed by atoms with Gasteiger partial charge < -0.3 is 10.0 Å². The molecule has 0 bridgehead atoms. The van der Waals surface area contributed by atoms with Gasteiger partial charge >= 0.3 is 5.97 Å². The summed E-state index contributed by atoms with van der Waals surface area (Å²) in [4.78, 5) is 23.4. The lowest BCUT2D eigenvalue weighted by molar-refractivity contribution is -0.150. The Morgan fingerprint density at radius 3 is 2.23 bits per heavy atom. The highest BCUT2D eigenvalue weighted by Crippen LogP contribution is 2.11. The third-order valence-corrected chi connectivity index (χ3v) is 1.88. The molecule has 13 heavy (non-hydrogen) atoms. The summed E-state index contributed by atoms with van der Waals surface area (Å²) < 4.78 is 0. The van der Waals surface area contributed by atoms with E-state index in [4.69, 9.17) is 5.11 Å². The molecule has 0 spiro atoms. The van der Waals surface area contributed by atoms with Gasteiger partial charge in [0.1, 0.15) is 5.92 Å². The lowest BCUT2D eigenvalue weighted by Crippen LogP contribution is -2.34. The Balaban J connectivity index is 4.24. The number of amides is 1. The second-order valence-electron chi connectivity index (χ2n) is 3.27. The van der Waals surface area contributed by atoms with Gasteiger partial charge in [-0.05, 0) is 6.42 Å². The van der Waals surface area contributed by atoms with Crippen LogP contribution in [0.2, 0.25) is 0 Å². The smallest absolute Gasteiger partial charge is 0.316 e. The van der Waals surface area contributed by atoms with Gasteiger partial charge in [0.05, 0.1) is 0 Å². The summed E-state index contributed by atoms with van der Waals surface area (Å²) in [5.41, 5.74) is 0. The van der Waals surface area contributed by atoms with Gasteiger partial charge in [0.15, 0.2) is 0 Å². The van der Waals surface area contributed by atoms with Crippen LogP contribution in [0.4, 0.5) is 0 Å². The molecule has 0 aliphatic carbocycles. The van der Waals surface area contributed by atoms with Crippen molar-refractivity contribution in [1.29, 1.82) is 0 Å². The number of nitrogens with zero attached hydrogens (tertiary/aromatic N) is 1. The van der Waals surface area contributed by atoms with Crippen LogP contribution in [0.15, 0.2) is 0 Å². The Labute approximate surface area is 78.5 Å². The van der Waals surface area contributed by atoms with E-state index in [-0.39, 0.29) is 5.91 Å². The third-order valence-electron chi connectivity index (χ3n) is 1.88. The molecule has 1 atom stereocenters. The summed E-state index contributed by atoms with van der Waals surface area (Å²) in [6, 6.07) is 0. The van der Waals surface area contributed by atoms with Gasteiger partial charge in [0, 0.05) is 14.1 Å². The largest absolute Gasteiger partial charge is 0.481 e. The Kier molecular flexibility index (Phi) is 5.11. The van der Waals surface area contributed by atoms with Crippen molar-refractivity contribution in [3.63, 3.8) is 0 Å². The molecule has 0 heterocycles. The minimum atomic E-state index is -1.02. The van der Waals surface area contributed by atoms with E-state index in [9.17, 15) is 9.59 Å². The molecule has 0 saturated carbocycles. The fourth-order valence-electron chi connectivity index (χ4n) is 1.07. The summed E-state index contributed by atoms with van der Waals surface area (Å²) in [5.74, 6) is -2.21. The van der Waals surface area contributed by atoms with E-state index >= 15 is 0 Å². The van der Waals surface area contributed by atoms with Crippen molar-refractivity contribution in [3.05, 3.63) is 0 Å². The molecule has 0 aliphatic rings. The molecule has 0 aromatic rings. The van der Waals surface area contributed by atoms with E-state index in [1.165, 1.54) is 4.90 Å². The average Bonchev–Trinajstić information content (AvgIpc) is 2.04. The highest BCUT2D eigenvalue weighted by Gasteiger charge is 2.26. The van der Waals surface area contributed by atoms with Crippen molar-refractivity contribution >= 4 is 11.9 Å². The van der Waals surface area contributed by atoms with Gasteiger partial charge in [-0.1, -0.05) is 19.8 Å². The molecular weight excluding hydrogens is 170 g/mol. The quantitative estimate of drug-likeness (QED) is 0.652. The van der Waals surface area contributed by atoms with Crippen LogP contribution in [0.25, 0.3) is 0 Å². The number of hydrogen-bond donors (Lipinski definition) is 1. The minimum Gasteiger partial charge on any atom is -0.481 e. The first kappa shape index (κ1) is 11.9. The number of carbonyl (C=O) groups is 2. The molecule has 1 unspecified atom stereocenters. The maximum Gasteiger partial charge on any atom is 0.316 e. The van der Waals surface area contributed by atoms with Crippen LogP contribution in [-0.4, -0.2) is 36.0 Å². The number of hydrogen-bond acceptors (Lipinski definition) is 2. The van der Waals surface area contributed by atoms with E-state index in [0.29, 0.717) is 6.42 Å². The van der Waals surface area contributed by atoms with Crippen LogP contribution in [0, 0.1) is 5.92 Å². The summed E-state index contributed by atoms with van der Waals surface area (Å²) in [6.45, 7) is 1.97. The Morgan fingerprint density at radius 1 is 1.38 bits per heavy atom. The molecule has 1 N–H and O–H groups in total. The number of unbranched alkanes of at least 4 members (excludes halogenated alkanes) is 1. The predicted octanol–water partition coefficient (Wildman–Crippen LogP) is 0.966. The van der Waals surface area contributed by atoms with Gasteiger partial charge in [-0.15, -0.1) is 0 Å². The van der Waals surface area contributed by atoms with Crippen molar-refractivity contribution in [2.75, 3.05) is 14.1 Å². The molecule has 0 aromatic heterocycles. The predicted molar refractivity (Wildman–Crippen MR) is 49.3 cm³/mol. The maximum atomic E-state index is 11.3. The number of carboxylic acid groups (broad SMARTS) is 1. The summed E-state index contributed by atoms with van der Waals surface area (Å²) in [5, 5.41) is 8.77. The minimum absolute atomic E-state index is 0.319. The fraction of sp³-hybridized carbons (Fsp3) is 0.778. The number of carboxylic acids is 1. The van der Waals surface area contributed by atoms with Crippen LogP contribution in [0.1, 0.15) is 26.2 Å². The highest BCUT2D eigenvalue weighted by atomic mass is 16.4. The zero-order valence-electron chi connectivity index (χ0n) is 8.41.